The van der Waals surface area contributed by atoms with E-state index in [-0.39, 0.29) is 23.4 Å². The van der Waals surface area contributed by atoms with Crippen molar-refractivity contribution in [1.82, 2.24) is 10.2 Å². The molecule has 7 nitrogen and oxygen atoms in total. The molecule has 2 atom stereocenters. The second-order valence-electron chi connectivity index (χ2n) is 10.2. The number of aryl methyl sites for hydroxylation is 3. The summed E-state index contributed by atoms with van der Waals surface area (Å²) in [6.45, 7) is 11.0. The molecule has 0 aliphatic rings. The molecule has 0 saturated carbocycles. The second kappa shape index (κ2) is 13.3. The van der Waals surface area contributed by atoms with Crippen LogP contribution in [0, 0.1) is 20.8 Å². The zero-order chi connectivity index (χ0) is 29.6. The van der Waals surface area contributed by atoms with Gasteiger partial charge in [0.1, 0.15) is 12.6 Å². The summed E-state index contributed by atoms with van der Waals surface area (Å²) in [5.41, 5.74) is 4.08. The Kier molecular flexibility index (Phi) is 10.4. The van der Waals surface area contributed by atoms with E-state index < -0.39 is 28.5 Å². The van der Waals surface area contributed by atoms with Crippen molar-refractivity contribution in [2.24, 2.45) is 0 Å². The van der Waals surface area contributed by atoms with Crippen molar-refractivity contribution >= 4 is 39.1 Å². The van der Waals surface area contributed by atoms with Crippen LogP contribution in [-0.4, -0.2) is 43.8 Å². The molecule has 0 aliphatic carbocycles. The molecule has 0 aliphatic heterocycles. The molecule has 0 saturated heterocycles. The van der Waals surface area contributed by atoms with E-state index in [1.165, 1.54) is 29.2 Å². The van der Waals surface area contributed by atoms with Crippen LogP contribution < -0.4 is 9.62 Å². The number of hydrogen-bond donors (Lipinski definition) is 1. The van der Waals surface area contributed by atoms with Crippen LogP contribution >= 0.6 is 11.6 Å². The molecule has 0 radical (unpaired) electrons. The van der Waals surface area contributed by atoms with Gasteiger partial charge in [-0.3, -0.25) is 13.9 Å². The van der Waals surface area contributed by atoms with Gasteiger partial charge in [-0.1, -0.05) is 48.9 Å². The van der Waals surface area contributed by atoms with Crippen LogP contribution in [0.2, 0.25) is 5.02 Å². The lowest BCUT2D eigenvalue weighted by atomic mass is 10.1. The van der Waals surface area contributed by atoms with E-state index >= 15 is 0 Å². The van der Waals surface area contributed by atoms with Crippen LogP contribution in [0.3, 0.4) is 0 Å². The molecule has 3 aromatic rings. The third-order valence-electron chi connectivity index (χ3n) is 7.23. The SMILES string of the molecule is CC[C@H](C)NC(=O)[C@H](C)N(Cc1ccccc1C)C(=O)CN(c1ccc(C)c(C)c1)S(=O)(=O)c1ccc(Cl)cc1. The minimum absolute atomic E-state index is 0.0101. The molecular formula is C31H38ClN3O4S. The summed E-state index contributed by atoms with van der Waals surface area (Å²) in [7, 11) is -4.15. The van der Waals surface area contributed by atoms with E-state index in [0.29, 0.717) is 10.7 Å². The summed E-state index contributed by atoms with van der Waals surface area (Å²) in [5, 5.41) is 3.35. The summed E-state index contributed by atoms with van der Waals surface area (Å²) in [6, 6.07) is 17.8. The van der Waals surface area contributed by atoms with Crippen molar-refractivity contribution in [3.8, 4) is 0 Å². The van der Waals surface area contributed by atoms with Crippen LogP contribution in [-0.2, 0) is 26.2 Å². The minimum Gasteiger partial charge on any atom is -0.352 e. The van der Waals surface area contributed by atoms with E-state index in [1.807, 2.05) is 65.0 Å². The molecule has 40 heavy (non-hydrogen) atoms. The van der Waals surface area contributed by atoms with Crippen molar-refractivity contribution in [3.63, 3.8) is 0 Å². The summed E-state index contributed by atoms with van der Waals surface area (Å²) < 4.78 is 29.0. The number of rotatable bonds is 11. The molecule has 2 amide bonds. The standard InChI is InChI=1S/C31H38ClN3O4S/c1-7-24(5)33-31(37)25(6)34(19-26-11-9-8-10-22(26)3)30(36)20-35(28-15-12-21(2)23(4)18-28)40(38,39)29-16-13-27(32)14-17-29/h8-18,24-25H,7,19-20H2,1-6H3,(H,33,37)/t24-,25-/m0/s1. The predicted molar refractivity (Wildman–Crippen MR) is 161 cm³/mol. The number of amides is 2. The van der Waals surface area contributed by atoms with E-state index in [2.05, 4.69) is 5.32 Å². The van der Waals surface area contributed by atoms with Gasteiger partial charge in [-0.25, -0.2) is 8.42 Å². The maximum Gasteiger partial charge on any atom is 0.264 e. The van der Waals surface area contributed by atoms with Gasteiger partial charge in [-0.05, 0) is 99.7 Å². The topological polar surface area (TPSA) is 86.8 Å². The Morgan fingerprint density at radius 2 is 1.55 bits per heavy atom. The van der Waals surface area contributed by atoms with Crippen LogP contribution in [0.5, 0.6) is 0 Å². The van der Waals surface area contributed by atoms with Gasteiger partial charge in [-0.15, -0.1) is 0 Å². The molecule has 0 aromatic heterocycles. The van der Waals surface area contributed by atoms with E-state index in [0.717, 1.165) is 33.0 Å². The van der Waals surface area contributed by atoms with E-state index in [9.17, 15) is 18.0 Å². The van der Waals surface area contributed by atoms with Crippen LogP contribution in [0.15, 0.2) is 71.6 Å². The van der Waals surface area contributed by atoms with Crippen molar-refractivity contribution in [3.05, 3.63) is 94.0 Å². The number of hydrogen-bond acceptors (Lipinski definition) is 4. The first-order valence-corrected chi connectivity index (χ1v) is 15.2. The quantitative estimate of drug-likeness (QED) is 0.309. The van der Waals surface area contributed by atoms with Gasteiger partial charge < -0.3 is 10.2 Å². The van der Waals surface area contributed by atoms with Gasteiger partial charge >= 0.3 is 0 Å². The zero-order valence-electron chi connectivity index (χ0n) is 23.9. The third kappa shape index (κ3) is 7.43. The molecule has 0 heterocycles. The molecular weight excluding hydrogens is 546 g/mol. The number of nitrogens with one attached hydrogen (secondary N) is 1. The summed E-state index contributed by atoms with van der Waals surface area (Å²) >= 11 is 6.02. The molecule has 0 spiro atoms. The van der Waals surface area contributed by atoms with Crippen molar-refractivity contribution in [1.29, 1.82) is 0 Å². The van der Waals surface area contributed by atoms with E-state index in [4.69, 9.17) is 11.6 Å². The van der Waals surface area contributed by atoms with Gasteiger partial charge in [-0.2, -0.15) is 0 Å². The summed E-state index contributed by atoms with van der Waals surface area (Å²) in [6.07, 6.45) is 0.740. The van der Waals surface area contributed by atoms with Gasteiger partial charge in [0.2, 0.25) is 11.8 Å². The fraction of sp³-hybridized carbons (Fsp3) is 0.355. The van der Waals surface area contributed by atoms with Gasteiger partial charge in [0.25, 0.3) is 10.0 Å². The number of carbonyl (C=O) groups is 2. The summed E-state index contributed by atoms with van der Waals surface area (Å²) in [5.74, 6) is -0.791. The highest BCUT2D eigenvalue weighted by Gasteiger charge is 2.33. The average Bonchev–Trinajstić information content (AvgIpc) is 2.92. The molecule has 0 unspecified atom stereocenters. The lowest BCUT2D eigenvalue weighted by molar-refractivity contribution is -0.139. The Morgan fingerprint density at radius 1 is 0.900 bits per heavy atom. The molecule has 214 valence electrons. The molecule has 3 aromatic carbocycles. The lowest BCUT2D eigenvalue weighted by Gasteiger charge is -2.33. The molecule has 0 bridgehead atoms. The number of nitrogens with zero attached hydrogens (tertiary/aromatic N) is 2. The first-order valence-electron chi connectivity index (χ1n) is 13.3. The predicted octanol–water partition coefficient (Wildman–Crippen LogP) is 5.79. The number of benzene rings is 3. The smallest absolute Gasteiger partial charge is 0.264 e. The normalized spacial score (nSPS) is 12.9. The van der Waals surface area contributed by atoms with Crippen LogP contribution in [0.1, 0.15) is 49.4 Å². The Bertz CT molecular complexity index is 1460. The Balaban J connectivity index is 2.06. The first-order chi connectivity index (χ1) is 18.8. The van der Waals surface area contributed by atoms with Crippen molar-refractivity contribution in [2.75, 3.05) is 10.8 Å². The molecule has 1 N–H and O–H groups in total. The van der Waals surface area contributed by atoms with Crippen molar-refractivity contribution in [2.45, 2.75) is 71.5 Å². The van der Waals surface area contributed by atoms with Gasteiger partial charge in [0.05, 0.1) is 10.6 Å². The highest BCUT2D eigenvalue weighted by Crippen LogP contribution is 2.27. The maximum absolute atomic E-state index is 14.0. The van der Waals surface area contributed by atoms with Crippen LogP contribution in [0.4, 0.5) is 5.69 Å². The second-order valence-corrected chi connectivity index (χ2v) is 12.5. The van der Waals surface area contributed by atoms with Crippen LogP contribution in [0.25, 0.3) is 0 Å². The highest BCUT2D eigenvalue weighted by molar-refractivity contribution is 7.92. The highest BCUT2D eigenvalue weighted by atomic mass is 35.5. The fourth-order valence-corrected chi connectivity index (χ4v) is 5.69. The largest absolute Gasteiger partial charge is 0.352 e. The summed E-state index contributed by atoms with van der Waals surface area (Å²) in [4.78, 5) is 28.7. The Labute approximate surface area is 243 Å². The fourth-order valence-electron chi connectivity index (χ4n) is 4.16. The number of sulfonamides is 1. The molecule has 9 heteroatoms. The Hall–Kier alpha value is -3.36. The molecule has 0 fully saturated rings. The van der Waals surface area contributed by atoms with Crippen molar-refractivity contribution < 1.29 is 18.0 Å². The monoisotopic (exact) mass is 583 g/mol. The average molecular weight is 584 g/mol. The number of halogens is 1. The number of anilines is 1. The minimum atomic E-state index is -4.15. The third-order valence-corrected chi connectivity index (χ3v) is 9.27. The maximum atomic E-state index is 14.0. The first kappa shape index (κ1) is 31.2. The number of carbonyl (C=O) groups excluding carboxylic acids is 2. The lowest BCUT2D eigenvalue weighted by Crippen LogP contribution is -2.52. The Morgan fingerprint density at radius 3 is 2.15 bits per heavy atom. The van der Waals surface area contributed by atoms with Gasteiger partial charge in [0, 0.05) is 17.6 Å². The molecule has 3 rings (SSSR count). The van der Waals surface area contributed by atoms with Gasteiger partial charge in [0.15, 0.2) is 0 Å². The van der Waals surface area contributed by atoms with E-state index in [1.54, 1.807) is 19.1 Å². The zero-order valence-corrected chi connectivity index (χ0v) is 25.5.